The zero-order chi connectivity index (χ0) is 21.2. The van der Waals surface area contributed by atoms with E-state index < -0.39 is 4.92 Å². The maximum Gasteiger partial charge on any atom is 0.269 e. The van der Waals surface area contributed by atoms with Crippen LogP contribution in [0.2, 0.25) is 0 Å². The van der Waals surface area contributed by atoms with E-state index in [1.165, 1.54) is 12.1 Å². The maximum absolute atomic E-state index is 12.3. The molecule has 0 saturated heterocycles. The molecule has 0 spiro atoms. The van der Waals surface area contributed by atoms with Crippen molar-refractivity contribution in [3.63, 3.8) is 0 Å². The molecular weight excluding hydrogens is 372 g/mol. The average Bonchev–Trinajstić information content (AvgIpc) is 2.69. The quantitative estimate of drug-likeness (QED) is 0.324. The lowest BCUT2D eigenvalue weighted by atomic mass is 10.1. The topological polar surface area (TPSA) is 90.7 Å². The lowest BCUT2D eigenvalue weighted by Gasteiger charge is -2.13. The number of anilines is 1. The molecule has 156 valence electrons. The number of hydrogen-bond acceptors (Lipinski definition) is 5. The van der Waals surface area contributed by atoms with Gasteiger partial charge in [-0.15, -0.1) is 0 Å². The highest BCUT2D eigenvalue weighted by Gasteiger charge is 2.12. The molecule has 1 N–H and O–H groups in total. The monoisotopic (exact) mass is 400 g/mol. The van der Waals surface area contributed by atoms with Crippen molar-refractivity contribution in [1.29, 1.82) is 0 Å². The van der Waals surface area contributed by atoms with E-state index in [0.717, 1.165) is 24.2 Å². The van der Waals surface area contributed by atoms with Crippen LogP contribution in [0.1, 0.15) is 44.2 Å². The summed E-state index contributed by atoms with van der Waals surface area (Å²) in [5.74, 6) is 1.26. The number of amides is 1. The van der Waals surface area contributed by atoms with Gasteiger partial charge < -0.3 is 14.8 Å². The highest BCUT2D eigenvalue weighted by atomic mass is 16.6. The van der Waals surface area contributed by atoms with Crippen molar-refractivity contribution >= 4 is 17.3 Å². The third-order valence-corrected chi connectivity index (χ3v) is 4.40. The van der Waals surface area contributed by atoms with E-state index >= 15 is 0 Å². The highest BCUT2D eigenvalue weighted by Crippen LogP contribution is 2.29. The van der Waals surface area contributed by atoms with Crippen LogP contribution in [0.15, 0.2) is 36.4 Å². The molecular formula is C22H28N2O5. The van der Waals surface area contributed by atoms with Crippen LogP contribution < -0.4 is 14.8 Å². The number of nitro groups is 1. The van der Waals surface area contributed by atoms with Gasteiger partial charge in [0, 0.05) is 24.2 Å². The molecule has 0 radical (unpaired) electrons. The Morgan fingerprint density at radius 2 is 1.90 bits per heavy atom. The molecule has 0 unspecified atom stereocenters. The van der Waals surface area contributed by atoms with E-state index in [9.17, 15) is 14.9 Å². The number of ether oxygens (including phenoxy) is 2. The third kappa shape index (κ3) is 6.78. The Kier molecular flexibility index (Phi) is 8.45. The fourth-order valence-electron chi connectivity index (χ4n) is 2.79. The molecule has 0 aliphatic carbocycles. The minimum atomic E-state index is -0.454. The van der Waals surface area contributed by atoms with Crippen molar-refractivity contribution < 1.29 is 19.2 Å². The number of hydrogen-bond donors (Lipinski definition) is 1. The Hall–Kier alpha value is -3.09. The molecule has 0 aliphatic heterocycles. The lowest BCUT2D eigenvalue weighted by Crippen LogP contribution is -2.13. The van der Waals surface area contributed by atoms with Gasteiger partial charge in [-0.2, -0.15) is 0 Å². The second-order valence-corrected chi connectivity index (χ2v) is 6.72. The molecule has 0 aliphatic rings. The summed E-state index contributed by atoms with van der Waals surface area (Å²) in [4.78, 5) is 22.7. The summed E-state index contributed by atoms with van der Waals surface area (Å²) in [6.07, 6.45) is 2.88. The second-order valence-electron chi connectivity index (χ2n) is 6.72. The van der Waals surface area contributed by atoms with Gasteiger partial charge in [0.05, 0.1) is 18.1 Å². The molecule has 1 amide bonds. The van der Waals surface area contributed by atoms with Crippen LogP contribution in [0.3, 0.4) is 0 Å². The first-order valence-electron chi connectivity index (χ1n) is 9.88. The molecule has 2 aromatic carbocycles. The molecule has 29 heavy (non-hydrogen) atoms. The van der Waals surface area contributed by atoms with Gasteiger partial charge in [0.2, 0.25) is 5.91 Å². The summed E-state index contributed by atoms with van der Waals surface area (Å²) in [7, 11) is 0. The number of aryl methyl sites for hydroxylation is 2. The number of benzene rings is 2. The van der Waals surface area contributed by atoms with Gasteiger partial charge in [-0.3, -0.25) is 14.9 Å². The number of nitro benzene ring substituents is 1. The summed E-state index contributed by atoms with van der Waals surface area (Å²) in [5.41, 5.74) is 2.21. The van der Waals surface area contributed by atoms with Crippen LogP contribution in [0, 0.1) is 17.0 Å². The molecule has 0 bridgehead atoms. The first-order valence-corrected chi connectivity index (χ1v) is 9.88. The summed E-state index contributed by atoms with van der Waals surface area (Å²) in [6.45, 7) is 6.94. The summed E-state index contributed by atoms with van der Waals surface area (Å²) < 4.78 is 11.5. The van der Waals surface area contributed by atoms with Gasteiger partial charge in [0.1, 0.15) is 0 Å². The van der Waals surface area contributed by atoms with Crippen LogP contribution >= 0.6 is 0 Å². The van der Waals surface area contributed by atoms with Crippen molar-refractivity contribution in [2.45, 2.75) is 46.5 Å². The zero-order valence-electron chi connectivity index (χ0n) is 17.2. The molecule has 0 heterocycles. The summed E-state index contributed by atoms with van der Waals surface area (Å²) in [5, 5.41) is 13.6. The van der Waals surface area contributed by atoms with Crippen LogP contribution in [0.4, 0.5) is 11.4 Å². The molecule has 2 rings (SSSR count). The van der Waals surface area contributed by atoms with Crippen molar-refractivity contribution in [3.8, 4) is 11.5 Å². The van der Waals surface area contributed by atoms with E-state index in [4.69, 9.17) is 9.47 Å². The van der Waals surface area contributed by atoms with Gasteiger partial charge in [0.25, 0.3) is 5.69 Å². The normalized spacial score (nSPS) is 10.4. The van der Waals surface area contributed by atoms with Crippen molar-refractivity contribution in [1.82, 2.24) is 0 Å². The Morgan fingerprint density at radius 1 is 1.10 bits per heavy atom. The Balaban J connectivity index is 1.97. The number of carbonyl (C=O) groups is 1. The minimum Gasteiger partial charge on any atom is -0.490 e. The highest BCUT2D eigenvalue weighted by molar-refractivity contribution is 5.91. The Morgan fingerprint density at radius 3 is 2.55 bits per heavy atom. The van der Waals surface area contributed by atoms with E-state index in [1.54, 1.807) is 13.0 Å². The van der Waals surface area contributed by atoms with E-state index in [1.807, 2.05) is 25.1 Å². The van der Waals surface area contributed by atoms with Crippen molar-refractivity contribution in [2.75, 3.05) is 18.5 Å². The minimum absolute atomic E-state index is 0.00481. The fourth-order valence-corrected chi connectivity index (χ4v) is 2.79. The predicted molar refractivity (Wildman–Crippen MR) is 113 cm³/mol. The summed E-state index contributed by atoms with van der Waals surface area (Å²) in [6, 6.07) is 10.1. The molecule has 2 aromatic rings. The molecule has 0 fully saturated rings. The zero-order valence-corrected chi connectivity index (χ0v) is 17.2. The summed E-state index contributed by atoms with van der Waals surface area (Å²) >= 11 is 0. The molecule has 0 aromatic heterocycles. The lowest BCUT2D eigenvalue weighted by molar-refractivity contribution is -0.384. The number of carbonyl (C=O) groups excluding carboxylic acids is 1. The third-order valence-electron chi connectivity index (χ3n) is 4.40. The van der Waals surface area contributed by atoms with Crippen LogP contribution in [0.25, 0.3) is 0 Å². The number of nitrogens with one attached hydrogen (secondary N) is 1. The largest absolute Gasteiger partial charge is 0.490 e. The van der Waals surface area contributed by atoms with E-state index in [-0.39, 0.29) is 18.0 Å². The van der Waals surface area contributed by atoms with Crippen molar-refractivity contribution in [2.24, 2.45) is 0 Å². The van der Waals surface area contributed by atoms with E-state index in [2.05, 4.69) is 12.2 Å². The second kappa shape index (κ2) is 11.0. The maximum atomic E-state index is 12.3. The number of nitrogens with zero attached hydrogens (tertiary/aromatic N) is 1. The number of non-ortho nitro benzene ring substituents is 1. The smallest absolute Gasteiger partial charge is 0.269 e. The molecule has 7 nitrogen and oxygen atoms in total. The SMILES string of the molecule is CCCCOc1ccc(CCC(=O)Nc2ccc([N+](=O)[O-])cc2C)cc1OCC. The number of rotatable bonds is 11. The van der Waals surface area contributed by atoms with Crippen LogP contribution in [-0.2, 0) is 11.2 Å². The standard InChI is InChI=1S/C22H28N2O5/c1-4-6-13-29-20-11-7-17(15-21(20)28-5-2)8-12-22(25)23-19-10-9-18(24(26)27)14-16(19)3/h7,9-11,14-15H,4-6,8,12-13H2,1-3H3,(H,23,25). The molecule has 0 atom stereocenters. The first-order chi connectivity index (χ1) is 13.9. The Bertz CT molecular complexity index is 851. The van der Waals surface area contributed by atoms with Gasteiger partial charge in [-0.1, -0.05) is 19.4 Å². The van der Waals surface area contributed by atoms with Gasteiger partial charge in [-0.05, 0) is 56.0 Å². The number of unbranched alkanes of at least 4 members (excludes halogenated alkanes) is 1. The molecule has 0 saturated carbocycles. The van der Waals surface area contributed by atoms with Crippen LogP contribution in [0.5, 0.6) is 11.5 Å². The van der Waals surface area contributed by atoms with E-state index in [0.29, 0.717) is 36.6 Å². The predicted octanol–water partition coefficient (Wildman–Crippen LogP) is 5.05. The van der Waals surface area contributed by atoms with Crippen molar-refractivity contribution in [3.05, 3.63) is 57.6 Å². The average molecular weight is 400 g/mol. The van der Waals surface area contributed by atoms with Crippen LogP contribution in [-0.4, -0.2) is 24.0 Å². The van der Waals surface area contributed by atoms with Gasteiger partial charge >= 0.3 is 0 Å². The fraction of sp³-hybridized carbons (Fsp3) is 0.409. The molecule has 7 heteroatoms. The first kappa shape index (κ1) is 22.2. The van der Waals surface area contributed by atoms with Gasteiger partial charge in [-0.25, -0.2) is 0 Å². The van der Waals surface area contributed by atoms with Gasteiger partial charge in [0.15, 0.2) is 11.5 Å². The Labute approximate surface area is 171 Å².